The number of thiol groups is 1. The zero-order valence-corrected chi connectivity index (χ0v) is 11.9. The van der Waals surface area contributed by atoms with Crippen molar-refractivity contribution in [2.24, 2.45) is 5.92 Å². The summed E-state index contributed by atoms with van der Waals surface area (Å²) in [5, 5.41) is 0. The lowest BCUT2D eigenvalue weighted by molar-refractivity contribution is 0.0788. The average molecular weight is 251 g/mol. The van der Waals surface area contributed by atoms with Gasteiger partial charge in [0.15, 0.2) is 0 Å². The molecule has 0 N–H and O–H groups in total. The van der Waals surface area contributed by atoms with Gasteiger partial charge in [0.2, 0.25) is 0 Å². The standard InChI is InChI=1S/C14H21NOS/c1-10(2)7-8-15(4)14(16)13-9-12(17)6-5-11(13)3/h5-6,9-10,17H,7-8H2,1-4H3. The molecule has 1 rings (SSSR count). The van der Waals surface area contributed by atoms with Gasteiger partial charge in [0.25, 0.3) is 5.91 Å². The molecule has 0 spiro atoms. The number of aryl methyl sites for hydroxylation is 1. The number of carbonyl (C=O) groups is 1. The highest BCUT2D eigenvalue weighted by Crippen LogP contribution is 2.16. The number of benzene rings is 1. The molecule has 0 radical (unpaired) electrons. The molecule has 1 aromatic rings. The van der Waals surface area contributed by atoms with Crippen LogP contribution in [0.25, 0.3) is 0 Å². The first-order valence-corrected chi connectivity index (χ1v) is 6.41. The molecule has 0 saturated heterocycles. The SMILES string of the molecule is Cc1ccc(S)cc1C(=O)N(C)CCC(C)C. The monoisotopic (exact) mass is 251 g/mol. The predicted octanol–water partition coefficient (Wildman–Crippen LogP) is 3.40. The van der Waals surface area contributed by atoms with Gasteiger partial charge in [0.05, 0.1) is 0 Å². The van der Waals surface area contributed by atoms with E-state index in [-0.39, 0.29) is 5.91 Å². The van der Waals surface area contributed by atoms with Crippen molar-refractivity contribution in [1.29, 1.82) is 0 Å². The number of rotatable bonds is 4. The minimum Gasteiger partial charge on any atom is -0.342 e. The Morgan fingerprint density at radius 3 is 2.65 bits per heavy atom. The highest BCUT2D eigenvalue weighted by Gasteiger charge is 2.14. The van der Waals surface area contributed by atoms with Crippen LogP contribution in [0.2, 0.25) is 0 Å². The summed E-state index contributed by atoms with van der Waals surface area (Å²) in [6.07, 6.45) is 1.03. The molecule has 1 aromatic carbocycles. The Morgan fingerprint density at radius 1 is 1.41 bits per heavy atom. The number of hydrogen-bond acceptors (Lipinski definition) is 2. The smallest absolute Gasteiger partial charge is 0.253 e. The summed E-state index contributed by atoms with van der Waals surface area (Å²) in [4.78, 5) is 14.8. The molecular weight excluding hydrogens is 230 g/mol. The van der Waals surface area contributed by atoms with Gasteiger partial charge in [0.1, 0.15) is 0 Å². The van der Waals surface area contributed by atoms with E-state index >= 15 is 0 Å². The van der Waals surface area contributed by atoms with Crippen molar-refractivity contribution >= 4 is 18.5 Å². The summed E-state index contributed by atoms with van der Waals surface area (Å²) in [6.45, 7) is 7.08. The van der Waals surface area contributed by atoms with Crippen molar-refractivity contribution in [2.45, 2.75) is 32.1 Å². The van der Waals surface area contributed by atoms with Gasteiger partial charge >= 0.3 is 0 Å². The maximum atomic E-state index is 12.2. The molecule has 0 atom stereocenters. The van der Waals surface area contributed by atoms with Crippen molar-refractivity contribution in [3.8, 4) is 0 Å². The Labute approximate surface area is 109 Å². The van der Waals surface area contributed by atoms with E-state index in [4.69, 9.17) is 0 Å². The van der Waals surface area contributed by atoms with Gasteiger partial charge in [-0.2, -0.15) is 0 Å². The molecule has 0 aromatic heterocycles. The molecular formula is C14H21NOS. The van der Waals surface area contributed by atoms with Crippen LogP contribution < -0.4 is 0 Å². The molecule has 3 heteroatoms. The Hall–Kier alpha value is -0.960. The molecule has 1 amide bonds. The zero-order chi connectivity index (χ0) is 13.0. The third kappa shape index (κ3) is 4.08. The van der Waals surface area contributed by atoms with Crippen LogP contribution in [0, 0.1) is 12.8 Å². The third-order valence-electron chi connectivity index (χ3n) is 2.84. The van der Waals surface area contributed by atoms with E-state index in [0.29, 0.717) is 5.92 Å². The van der Waals surface area contributed by atoms with Gasteiger partial charge < -0.3 is 4.90 Å². The molecule has 0 unspecified atom stereocenters. The van der Waals surface area contributed by atoms with Crippen molar-refractivity contribution in [2.75, 3.05) is 13.6 Å². The van der Waals surface area contributed by atoms with Crippen LogP contribution >= 0.6 is 12.6 Å². The molecule has 0 bridgehead atoms. The Kier molecular flexibility index (Phi) is 5.06. The molecule has 0 fully saturated rings. The van der Waals surface area contributed by atoms with Gasteiger partial charge in [0, 0.05) is 24.1 Å². The largest absolute Gasteiger partial charge is 0.342 e. The van der Waals surface area contributed by atoms with E-state index in [1.807, 2.05) is 32.2 Å². The maximum absolute atomic E-state index is 12.2. The average Bonchev–Trinajstić information content (AvgIpc) is 2.28. The van der Waals surface area contributed by atoms with Crippen LogP contribution in [0.1, 0.15) is 36.2 Å². The lowest BCUT2D eigenvalue weighted by atomic mass is 10.1. The van der Waals surface area contributed by atoms with E-state index in [9.17, 15) is 4.79 Å². The van der Waals surface area contributed by atoms with Gasteiger partial charge in [-0.05, 0) is 37.0 Å². The van der Waals surface area contributed by atoms with Gasteiger partial charge in [-0.1, -0.05) is 19.9 Å². The molecule has 0 aliphatic carbocycles. The Morgan fingerprint density at radius 2 is 2.06 bits per heavy atom. The molecule has 0 aliphatic rings. The second-order valence-corrected chi connectivity index (χ2v) is 5.42. The van der Waals surface area contributed by atoms with Crippen molar-refractivity contribution in [3.63, 3.8) is 0 Å². The number of carbonyl (C=O) groups excluding carboxylic acids is 1. The summed E-state index contributed by atoms with van der Waals surface area (Å²) in [6, 6.07) is 5.68. The predicted molar refractivity (Wildman–Crippen MR) is 74.8 cm³/mol. The number of amides is 1. The first-order valence-electron chi connectivity index (χ1n) is 5.97. The fourth-order valence-corrected chi connectivity index (χ4v) is 1.80. The minimum absolute atomic E-state index is 0.0825. The summed E-state index contributed by atoms with van der Waals surface area (Å²) >= 11 is 4.28. The van der Waals surface area contributed by atoms with Crippen LogP contribution in [-0.2, 0) is 0 Å². The van der Waals surface area contributed by atoms with Crippen molar-refractivity contribution in [3.05, 3.63) is 29.3 Å². The topological polar surface area (TPSA) is 20.3 Å². The highest BCUT2D eigenvalue weighted by molar-refractivity contribution is 7.80. The van der Waals surface area contributed by atoms with Crippen molar-refractivity contribution in [1.82, 2.24) is 4.90 Å². The molecule has 17 heavy (non-hydrogen) atoms. The summed E-state index contributed by atoms with van der Waals surface area (Å²) in [5.41, 5.74) is 1.76. The normalized spacial score (nSPS) is 10.7. The lowest BCUT2D eigenvalue weighted by Gasteiger charge is -2.19. The Bertz CT molecular complexity index is 401. The quantitative estimate of drug-likeness (QED) is 0.813. The second kappa shape index (κ2) is 6.10. The number of hydrogen-bond donors (Lipinski definition) is 1. The molecule has 0 saturated carbocycles. The molecule has 0 heterocycles. The van der Waals surface area contributed by atoms with E-state index in [1.165, 1.54) is 0 Å². The lowest BCUT2D eigenvalue weighted by Crippen LogP contribution is -2.29. The van der Waals surface area contributed by atoms with Gasteiger partial charge in [-0.15, -0.1) is 12.6 Å². The first-order chi connectivity index (χ1) is 7.91. The van der Waals surface area contributed by atoms with E-state index < -0.39 is 0 Å². The van der Waals surface area contributed by atoms with Crippen molar-refractivity contribution < 1.29 is 4.79 Å². The summed E-state index contributed by atoms with van der Waals surface area (Å²) in [7, 11) is 1.86. The van der Waals surface area contributed by atoms with Gasteiger partial charge in [-0.25, -0.2) is 0 Å². The second-order valence-electron chi connectivity index (χ2n) is 4.91. The molecule has 2 nitrogen and oxygen atoms in total. The minimum atomic E-state index is 0.0825. The fraction of sp³-hybridized carbons (Fsp3) is 0.500. The third-order valence-corrected chi connectivity index (χ3v) is 3.12. The summed E-state index contributed by atoms with van der Waals surface area (Å²) in [5.74, 6) is 0.696. The van der Waals surface area contributed by atoms with E-state index in [0.717, 1.165) is 29.0 Å². The zero-order valence-electron chi connectivity index (χ0n) is 11.0. The van der Waals surface area contributed by atoms with Crippen LogP contribution in [0.5, 0.6) is 0 Å². The summed E-state index contributed by atoms with van der Waals surface area (Å²) < 4.78 is 0. The van der Waals surface area contributed by atoms with Crippen LogP contribution in [0.3, 0.4) is 0 Å². The van der Waals surface area contributed by atoms with Crippen LogP contribution in [0.15, 0.2) is 23.1 Å². The van der Waals surface area contributed by atoms with Crippen LogP contribution in [-0.4, -0.2) is 24.4 Å². The van der Waals surface area contributed by atoms with E-state index in [2.05, 4.69) is 26.5 Å². The van der Waals surface area contributed by atoms with E-state index in [1.54, 1.807) is 4.90 Å². The van der Waals surface area contributed by atoms with Crippen LogP contribution in [0.4, 0.5) is 0 Å². The maximum Gasteiger partial charge on any atom is 0.253 e. The highest BCUT2D eigenvalue weighted by atomic mass is 32.1. The van der Waals surface area contributed by atoms with Gasteiger partial charge in [-0.3, -0.25) is 4.79 Å². The first kappa shape index (κ1) is 14.1. The number of nitrogens with zero attached hydrogens (tertiary/aromatic N) is 1. The molecule has 0 aliphatic heterocycles. The molecule has 94 valence electrons. The Balaban J connectivity index is 2.78. The fourth-order valence-electron chi connectivity index (χ4n) is 1.60.